The van der Waals surface area contributed by atoms with E-state index in [1.807, 2.05) is 20.8 Å². The van der Waals surface area contributed by atoms with Crippen LogP contribution in [0.4, 0.5) is 0 Å². The number of morpholine rings is 1. The lowest BCUT2D eigenvalue weighted by molar-refractivity contribution is -0.143. The minimum Gasteiger partial charge on any atom is -0.480 e. The van der Waals surface area contributed by atoms with Gasteiger partial charge in [0.15, 0.2) is 0 Å². The van der Waals surface area contributed by atoms with Crippen LogP contribution in [-0.4, -0.2) is 71.7 Å². The molecule has 6 nitrogen and oxygen atoms in total. The zero-order valence-corrected chi connectivity index (χ0v) is 12.0. The first kappa shape index (κ1) is 15.9. The van der Waals surface area contributed by atoms with Gasteiger partial charge in [0.25, 0.3) is 0 Å². The third kappa shape index (κ3) is 5.16. The molecule has 6 heteroatoms. The van der Waals surface area contributed by atoms with Gasteiger partial charge in [-0.3, -0.25) is 14.5 Å². The lowest BCUT2D eigenvalue weighted by atomic mass is 10.2. The molecule has 110 valence electrons. The third-order valence-corrected chi connectivity index (χ3v) is 3.48. The molecule has 2 atom stereocenters. The second kappa shape index (κ2) is 7.45. The fourth-order valence-electron chi connectivity index (χ4n) is 2.12. The zero-order valence-electron chi connectivity index (χ0n) is 12.0. The van der Waals surface area contributed by atoms with Crippen molar-refractivity contribution in [2.45, 2.75) is 39.3 Å². The molecule has 0 radical (unpaired) electrons. The van der Waals surface area contributed by atoms with Crippen molar-refractivity contribution in [3.8, 4) is 0 Å². The van der Waals surface area contributed by atoms with Gasteiger partial charge in [-0.05, 0) is 20.3 Å². The van der Waals surface area contributed by atoms with Crippen LogP contribution >= 0.6 is 0 Å². The number of nitrogens with zero attached hydrogens (tertiary/aromatic N) is 2. The Balaban J connectivity index is 2.56. The summed E-state index contributed by atoms with van der Waals surface area (Å²) in [5, 5.41) is 8.91. The maximum Gasteiger partial charge on any atom is 0.317 e. The van der Waals surface area contributed by atoms with Crippen molar-refractivity contribution >= 4 is 11.9 Å². The molecule has 0 saturated carbocycles. The highest BCUT2D eigenvalue weighted by Gasteiger charge is 2.25. The van der Waals surface area contributed by atoms with E-state index in [4.69, 9.17) is 9.84 Å². The first-order valence-electron chi connectivity index (χ1n) is 6.79. The van der Waals surface area contributed by atoms with Crippen LogP contribution in [0, 0.1) is 0 Å². The van der Waals surface area contributed by atoms with E-state index >= 15 is 0 Å². The Labute approximate surface area is 114 Å². The molecular weight excluding hydrogens is 248 g/mol. The van der Waals surface area contributed by atoms with Crippen molar-refractivity contribution in [2.75, 3.05) is 32.8 Å². The van der Waals surface area contributed by atoms with Crippen molar-refractivity contribution in [3.05, 3.63) is 0 Å². The van der Waals surface area contributed by atoms with E-state index in [1.165, 1.54) is 0 Å². The number of amides is 1. The lowest BCUT2D eigenvalue weighted by Gasteiger charge is -2.34. The second-order valence-corrected chi connectivity index (χ2v) is 5.08. The summed E-state index contributed by atoms with van der Waals surface area (Å²) < 4.78 is 5.39. The third-order valence-electron chi connectivity index (χ3n) is 3.48. The van der Waals surface area contributed by atoms with Gasteiger partial charge in [-0.25, -0.2) is 0 Å². The Morgan fingerprint density at radius 2 is 2.16 bits per heavy atom. The number of carboxylic acids is 1. The van der Waals surface area contributed by atoms with E-state index in [1.54, 1.807) is 9.80 Å². The van der Waals surface area contributed by atoms with Crippen LogP contribution in [0.2, 0.25) is 0 Å². The monoisotopic (exact) mass is 272 g/mol. The first-order chi connectivity index (χ1) is 8.93. The van der Waals surface area contributed by atoms with Crippen LogP contribution in [0.15, 0.2) is 0 Å². The molecule has 0 aromatic heterocycles. The number of hydrogen-bond donors (Lipinski definition) is 1. The zero-order chi connectivity index (χ0) is 14.4. The van der Waals surface area contributed by atoms with Crippen molar-refractivity contribution in [3.63, 3.8) is 0 Å². The summed E-state index contributed by atoms with van der Waals surface area (Å²) in [5.74, 6) is -0.917. The minimum absolute atomic E-state index is 0.0169. The molecule has 1 amide bonds. The van der Waals surface area contributed by atoms with Gasteiger partial charge < -0.3 is 14.7 Å². The van der Waals surface area contributed by atoms with E-state index in [9.17, 15) is 9.59 Å². The van der Waals surface area contributed by atoms with Crippen LogP contribution in [0.5, 0.6) is 0 Å². The Bertz CT molecular complexity index is 322. The topological polar surface area (TPSA) is 70.1 Å². The molecule has 1 heterocycles. The van der Waals surface area contributed by atoms with E-state index in [0.29, 0.717) is 19.7 Å². The molecule has 0 bridgehead atoms. The van der Waals surface area contributed by atoms with E-state index in [0.717, 1.165) is 6.42 Å². The van der Waals surface area contributed by atoms with Crippen molar-refractivity contribution in [2.24, 2.45) is 0 Å². The standard InChI is InChI=1S/C13H24N2O4/c1-4-10(2)15(9-13(17)18)8-12(16)14-5-6-19-11(3)7-14/h10-11H,4-9H2,1-3H3,(H,17,18). The normalized spacial score (nSPS) is 21.5. The van der Waals surface area contributed by atoms with Crippen LogP contribution in [0.1, 0.15) is 27.2 Å². The number of hydrogen-bond acceptors (Lipinski definition) is 4. The van der Waals surface area contributed by atoms with E-state index in [2.05, 4.69) is 0 Å². The molecular formula is C13H24N2O4. The highest BCUT2D eigenvalue weighted by molar-refractivity contribution is 5.79. The molecule has 1 N–H and O–H groups in total. The van der Waals surface area contributed by atoms with Crippen molar-refractivity contribution in [1.29, 1.82) is 0 Å². The van der Waals surface area contributed by atoms with Crippen LogP contribution in [-0.2, 0) is 14.3 Å². The molecule has 1 saturated heterocycles. The minimum atomic E-state index is -0.900. The van der Waals surface area contributed by atoms with Gasteiger partial charge in [0.1, 0.15) is 0 Å². The van der Waals surface area contributed by atoms with Gasteiger partial charge in [0, 0.05) is 19.1 Å². The number of carboxylic acid groups (broad SMARTS) is 1. The van der Waals surface area contributed by atoms with Crippen LogP contribution < -0.4 is 0 Å². The average Bonchev–Trinajstić information content (AvgIpc) is 2.36. The first-order valence-corrected chi connectivity index (χ1v) is 6.79. The Hall–Kier alpha value is -1.14. The molecule has 2 unspecified atom stereocenters. The predicted octanol–water partition coefficient (Wildman–Crippen LogP) is 0.419. The van der Waals surface area contributed by atoms with Crippen LogP contribution in [0.25, 0.3) is 0 Å². The van der Waals surface area contributed by atoms with Crippen molar-refractivity contribution < 1.29 is 19.4 Å². The van der Waals surface area contributed by atoms with Gasteiger partial charge in [0.05, 0.1) is 25.8 Å². The lowest BCUT2D eigenvalue weighted by Crippen LogP contribution is -2.50. The van der Waals surface area contributed by atoms with Gasteiger partial charge in [-0.1, -0.05) is 6.92 Å². The molecule has 1 aliphatic heterocycles. The number of carbonyl (C=O) groups is 2. The summed E-state index contributed by atoms with van der Waals surface area (Å²) in [6.07, 6.45) is 0.870. The highest BCUT2D eigenvalue weighted by Crippen LogP contribution is 2.08. The van der Waals surface area contributed by atoms with Gasteiger partial charge in [0.2, 0.25) is 5.91 Å². The van der Waals surface area contributed by atoms with Gasteiger partial charge >= 0.3 is 5.97 Å². The molecule has 1 rings (SSSR count). The van der Waals surface area contributed by atoms with Crippen molar-refractivity contribution in [1.82, 2.24) is 9.80 Å². The molecule has 1 aliphatic rings. The maximum absolute atomic E-state index is 12.2. The summed E-state index contributed by atoms with van der Waals surface area (Å²) >= 11 is 0. The summed E-state index contributed by atoms with van der Waals surface area (Å²) in [6.45, 7) is 7.65. The number of aliphatic carboxylic acids is 1. The molecule has 1 fully saturated rings. The quantitative estimate of drug-likeness (QED) is 0.759. The molecule has 0 spiro atoms. The second-order valence-electron chi connectivity index (χ2n) is 5.08. The summed E-state index contributed by atoms with van der Waals surface area (Å²) in [6, 6.07) is 0.0820. The van der Waals surface area contributed by atoms with E-state index in [-0.39, 0.29) is 31.1 Å². The SMILES string of the molecule is CCC(C)N(CC(=O)O)CC(=O)N1CCOC(C)C1. The smallest absolute Gasteiger partial charge is 0.317 e. The van der Waals surface area contributed by atoms with E-state index < -0.39 is 5.97 Å². The van der Waals surface area contributed by atoms with Crippen LogP contribution in [0.3, 0.4) is 0 Å². The largest absolute Gasteiger partial charge is 0.480 e. The maximum atomic E-state index is 12.2. The molecule has 19 heavy (non-hydrogen) atoms. The highest BCUT2D eigenvalue weighted by atomic mass is 16.5. The Kier molecular flexibility index (Phi) is 6.24. The fourth-order valence-corrected chi connectivity index (χ4v) is 2.12. The number of rotatable bonds is 6. The molecule has 0 aromatic carbocycles. The average molecular weight is 272 g/mol. The van der Waals surface area contributed by atoms with Gasteiger partial charge in [-0.2, -0.15) is 0 Å². The summed E-state index contributed by atoms with van der Waals surface area (Å²) in [4.78, 5) is 26.5. The molecule has 0 aliphatic carbocycles. The number of ether oxygens (including phenoxy) is 1. The molecule has 0 aromatic rings. The predicted molar refractivity (Wildman–Crippen MR) is 71.0 cm³/mol. The summed E-state index contributed by atoms with van der Waals surface area (Å²) in [7, 11) is 0. The number of carbonyl (C=O) groups excluding carboxylic acids is 1. The fraction of sp³-hybridized carbons (Fsp3) is 0.846. The summed E-state index contributed by atoms with van der Waals surface area (Å²) in [5.41, 5.74) is 0. The Morgan fingerprint density at radius 1 is 1.47 bits per heavy atom. The Morgan fingerprint density at radius 3 is 2.68 bits per heavy atom. The van der Waals surface area contributed by atoms with Gasteiger partial charge in [-0.15, -0.1) is 0 Å².